The van der Waals surface area contributed by atoms with Crippen molar-refractivity contribution in [2.45, 2.75) is 38.9 Å². The third-order valence-corrected chi connectivity index (χ3v) is 2.17. The minimum absolute atomic E-state index is 0.241. The highest BCUT2D eigenvalue weighted by atomic mass is 16.8. The molecule has 16 heavy (non-hydrogen) atoms. The second kappa shape index (κ2) is 6.19. The van der Waals surface area contributed by atoms with E-state index < -0.39 is 12.3 Å². The van der Waals surface area contributed by atoms with E-state index in [2.05, 4.69) is 4.74 Å². The molecule has 1 saturated heterocycles. The summed E-state index contributed by atoms with van der Waals surface area (Å²) in [6.07, 6.45) is -0.594. The van der Waals surface area contributed by atoms with Crippen molar-refractivity contribution in [2.24, 2.45) is 0 Å². The van der Waals surface area contributed by atoms with Crippen LogP contribution in [0.25, 0.3) is 0 Å². The molecule has 1 aliphatic rings. The minimum Gasteiger partial charge on any atom is -0.435 e. The van der Waals surface area contributed by atoms with E-state index in [1.165, 1.54) is 0 Å². The number of carbonyl (C=O) groups excluding carboxylic acids is 2. The van der Waals surface area contributed by atoms with Gasteiger partial charge in [0.05, 0.1) is 13.2 Å². The standard InChI is InChI=1S/C10H16O6/c1-3-13-9(11)14-6-4-5-8-7(2)15-10(12)16-8/h7-8H,3-6H2,1-2H3. The lowest BCUT2D eigenvalue weighted by Crippen LogP contribution is -2.19. The quantitative estimate of drug-likeness (QED) is 0.532. The fraction of sp³-hybridized carbons (Fsp3) is 0.800. The van der Waals surface area contributed by atoms with Crippen molar-refractivity contribution in [3.05, 3.63) is 0 Å². The van der Waals surface area contributed by atoms with Crippen LogP contribution in [0.1, 0.15) is 26.7 Å². The number of hydrogen-bond donors (Lipinski definition) is 0. The predicted octanol–water partition coefficient (Wildman–Crippen LogP) is 1.86. The van der Waals surface area contributed by atoms with Gasteiger partial charge in [-0.15, -0.1) is 0 Å². The van der Waals surface area contributed by atoms with E-state index in [1.54, 1.807) is 13.8 Å². The zero-order valence-corrected chi connectivity index (χ0v) is 9.43. The molecule has 0 spiro atoms. The third kappa shape index (κ3) is 3.96. The van der Waals surface area contributed by atoms with Crippen molar-refractivity contribution in [1.29, 1.82) is 0 Å². The first-order valence-corrected chi connectivity index (χ1v) is 5.30. The van der Waals surface area contributed by atoms with Crippen molar-refractivity contribution in [1.82, 2.24) is 0 Å². The summed E-state index contributed by atoms with van der Waals surface area (Å²) in [5, 5.41) is 0. The van der Waals surface area contributed by atoms with Gasteiger partial charge in [-0.3, -0.25) is 0 Å². The molecule has 0 saturated carbocycles. The van der Waals surface area contributed by atoms with Crippen LogP contribution in [0.4, 0.5) is 9.59 Å². The molecule has 0 amide bonds. The summed E-state index contributed by atoms with van der Waals surface area (Å²) in [5.74, 6) is 0. The second-order valence-corrected chi connectivity index (χ2v) is 3.40. The minimum atomic E-state index is -0.671. The molecule has 0 aromatic rings. The van der Waals surface area contributed by atoms with Crippen molar-refractivity contribution in [3.63, 3.8) is 0 Å². The molecule has 0 radical (unpaired) electrons. The summed E-state index contributed by atoms with van der Waals surface area (Å²) in [6.45, 7) is 4.02. The fourth-order valence-corrected chi connectivity index (χ4v) is 1.37. The Labute approximate surface area is 93.8 Å². The lowest BCUT2D eigenvalue weighted by Gasteiger charge is -2.10. The SMILES string of the molecule is CCOC(=O)OCCCC1OC(=O)OC1C. The van der Waals surface area contributed by atoms with E-state index in [9.17, 15) is 9.59 Å². The van der Waals surface area contributed by atoms with Crippen LogP contribution in [-0.4, -0.2) is 37.7 Å². The lowest BCUT2D eigenvalue weighted by molar-refractivity contribution is 0.0536. The highest BCUT2D eigenvalue weighted by Crippen LogP contribution is 2.18. The molecule has 6 heteroatoms. The number of rotatable bonds is 5. The smallest absolute Gasteiger partial charge is 0.435 e. The molecule has 1 aliphatic heterocycles. The van der Waals surface area contributed by atoms with Crippen molar-refractivity contribution < 1.29 is 28.5 Å². The zero-order valence-electron chi connectivity index (χ0n) is 9.43. The summed E-state index contributed by atoms with van der Waals surface area (Å²) in [6, 6.07) is 0. The van der Waals surface area contributed by atoms with Gasteiger partial charge in [-0.25, -0.2) is 9.59 Å². The maximum absolute atomic E-state index is 10.8. The average molecular weight is 232 g/mol. The van der Waals surface area contributed by atoms with E-state index in [0.717, 1.165) is 0 Å². The number of carbonyl (C=O) groups is 2. The summed E-state index contributed by atoms with van der Waals surface area (Å²) in [5.41, 5.74) is 0. The highest BCUT2D eigenvalue weighted by molar-refractivity contribution is 5.62. The first-order valence-electron chi connectivity index (χ1n) is 5.30. The number of ether oxygens (including phenoxy) is 4. The Morgan fingerprint density at radius 1 is 1.38 bits per heavy atom. The van der Waals surface area contributed by atoms with Gasteiger partial charge in [0.2, 0.25) is 0 Å². The van der Waals surface area contributed by atoms with E-state index in [-0.39, 0.29) is 18.8 Å². The van der Waals surface area contributed by atoms with Gasteiger partial charge in [-0.2, -0.15) is 0 Å². The van der Waals surface area contributed by atoms with Crippen LogP contribution < -0.4 is 0 Å². The Bertz CT molecular complexity index is 252. The van der Waals surface area contributed by atoms with Crippen LogP contribution in [-0.2, 0) is 18.9 Å². The molecule has 0 N–H and O–H groups in total. The molecule has 0 bridgehead atoms. The lowest BCUT2D eigenvalue weighted by atomic mass is 10.1. The van der Waals surface area contributed by atoms with E-state index in [1.807, 2.05) is 0 Å². The van der Waals surface area contributed by atoms with Gasteiger partial charge in [0.25, 0.3) is 0 Å². The average Bonchev–Trinajstić information content (AvgIpc) is 2.53. The first-order chi connectivity index (χ1) is 7.63. The molecular formula is C10H16O6. The predicted molar refractivity (Wildman–Crippen MR) is 53.0 cm³/mol. The molecule has 1 rings (SSSR count). The van der Waals surface area contributed by atoms with Crippen LogP contribution in [0, 0.1) is 0 Å². The van der Waals surface area contributed by atoms with Gasteiger partial charge in [0.1, 0.15) is 12.2 Å². The molecule has 2 atom stereocenters. The van der Waals surface area contributed by atoms with E-state index in [4.69, 9.17) is 14.2 Å². The summed E-state index contributed by atoms with van der Waals surface area (Å²) in [7, 11) is 0. The van der Waals surface area contributed by atoms with Crippen molar-refractivity contribution >= 4 is 12.3 Å². The molecule has 0 aromatic heterocycles. The molecule has 6 nitrogen and oxygen atoms in total. The van der Waals surface area contributed by atoms with Crippen molar-refractivity contribution in [2.75, 3.05) is 13.2 Å². The summed E-state index contributed by atoms with van der Waals surface area (Å²) < 4.78 is 19.0. The molecule has 0 aromatic carbocycles. The highest BCUT2D eigenvalue weighted by Gasteiger charge is 2.32. The van der Waals surface area contributed by atoms with Crippen LogP contribution in [0.3, 0.4) is 0 Å². The first kappa shape index (κ1) is 12.6. The van der Waals surface area contributed by atoms with Crippen LogP contribution in [0.15, 0.2) is 0 Å². The molecule has 1 heterocycles. The summed E-state index contributed by atoms with van der Waals surface area (Å²) >= 11 is 0. The van der Waals surface area contributed by atoms with Gasteiger partial charge in [0, 0.05) is 0 Å². The largest absolute Gasteiger partial charge is 0.509 e. The van der Waals surface area contributed by atoms with Crippen LogP contribution in [0.5, 0.6) is 0 Å². The van der Waals surface area contributed by atoms with Gasteiger partial charge >= 0.3 is 12.3 Å². The molecule has 1 fully saturated rings. The molecule has 2 unspecified atom stereocenters. The van der Waals surface area contributed by atoms with Gasteiger partial charge in [-0.05, 0) is 26.7 Å². The van der Waals surface area contributed by atoms with Crippen molar-refractivity contribution in [3.8, 4) is 0 Å². The van der Waals surface area contributed by atoms with Gasteiger partial charge in [-0.1, -0.05) is 0 Å². The Morgan fingerprint density at radius 3 is 2.69 bits per heavy atom. The van der Waals surface area contributed by atoms with Gasteiger partial charge < -0.3 is 18.9 Å². The monoisotopic (exact) mass is 232 g/mol. The maximum atomic E-state index is 10.8. The summed E-state index contributed by atoms with van der Waals surface area (Å²) in [4.78, 5) is 21.5. The second-order valence-electron chi connectivity index (χ2n) is 3.40. The molecular weight excluding hydrogens is 216 g/mol. The van der Waals surface area contributed by atoms with E-state index >= 15 is 0 Å². The maximum Gasteiger partial charge on any atom is 0.509 e. The Morgan fingerprint density at radius 2 is 2.12 bits per heavy atom. The molecule has 92 valence electrons. The van der Waals surface area contributed by atoms with E-state index in [0.29, 0.717) is 19.4 Å². The Balaban J connectivity index is 2.07. The number of cyclic esters (lactones) is 2. The van der Waals surface area contributed by atoms with Crippen LogP contribution in [0.2, 0.25) is 0 Å². The normalized spacial score (nSPS) is 23.5. The van der Waals surface area contributed by atoms with Crippen LogP contribution >= 0.6 is 0 Å². The topological polar surface area (TPSA) is 71.1 Å². The Hall–Kier alpha value is -1.46. The number of hydrogen-bond acceptors (Lipinski definition) is 6. The fourth-order valence-electron chi connectivity index (χ4n) is 1.37. The Kier molecular flexibility index (Phi) is 4.88. The zero-order chi connectivity index (χ0) is 12.0. The molecule has 0 aliphatic carbocycles. The van der Waals surface area contributed by atoms with Gasteiger partial charge in [0.15, 0.2) is 0 Å². The third-order valence-electron chi connectivity index (χ3n) is 2.17.